The third-order valence-electron chi connectivity index (χ3n) is 2.37. The maximum atomic E-state index is 4.45. The molecule has 0 aliphatic carbocycles. The van der Waals surface area contributed by atoms with Crippen molar-refractivity contribution in [1.29, 1.82) is 0 Å². The van der Waals surface area contributed by atoms with Gasteiger partial charge in [-0.2, -0.15) is 0 Å². The van der Waals surface area contributed by atoms with Crippen molar-refractivity contribution >= 4 is 23.1 Å². The van der Waals surface area contributed by atoms with Gasteiger partial charge in [0.1, 0.15) is 5.03 Å². The van der Waals surface area contributed by atoms with Crippen LogP contribution in [-0.4, -0.2) is 16.5 Å². The van der Waals surface area contributed by atoms with Crippen LogP contribution >= 0.6 is 23.1 Å². The van der Waals surface area contributed by atoms with E-state index >= 15 is 0 Å². The van der Waals surface area contributed by atoms with Crippen molar-refractivity contribution in [2.45, 2.75) is 29.3 Å². The van der Waals surface area contributed by atoms with Crippen LogP contribution in [0.1, 0.15) is 25.5 Å². The molecule has 1 unspecified atom stereocenters. The summed E-state index contributed by atoms with van der Waals surface area (Å²) >= 11 is 3.24. The van der Waals surface area contributed by atoms with Crippen LogP contribution in [0.4, 0.5) is 0 Å². The Morgan fingerprint density at radius 2 is 2.29 bits per heavy atom. The molecule has 0 aliphatic rings. The van der Waals surface area contributed by atoms with Gasteiger partial charge in [-0.1, -0.05) is 13.0 Å². The first kappa shape index (κ1) is 12.5. The van der Waals surface area contributed by atoms with E-state index in [4.69, 9.17) is 0 Å². The Labute approximate surface area is 110 Å². The standard InChI is InChI=1S/C12H15N3S2/c1-3-13-9(2)10-4-5-11(15-8-10)17-12-14-6-7-16-12/h4-9,13H,3H2,1-2H3. The van der Waals surface area contributed by atoms with Gasteiger partial charge in [0, 0.05) is 23.8 Å². The Morgan fingerprint density at radius 3 is 2.88 bits per heavy atom. The van der Waals surface area contributed by atoms with Crippen LogP contribution in [0.2, 0.25) is 0 Å². The topological polar surface area (TPSA) is 37.8 Å². The molecule has 1 N–H and O–H groups in total. The van der Waals surface area contributed by atoms with E-state index in [0.717, 1.165) is 15.9 Å². The highest BCUT2D eigenvalue weighted by molar-refractivity contribution is 8.00. The molecule has 1 atom stereocenters. The Kier molecular flexibility index (Phi) is 4.53. The summed E-state index contributed by atoms with van der Waals surface area (Å²) in [5, 5.41) is 6.34. The van der Waals surface area contributed by atoms with E-state index in [1.807, 2.05) is 17.8 Å². The molecule has 0 amide bonds. The first-order valence-corrected chi connectivity index (χ1v) is 7.26. The fraction of sp³-hybridized carbons (Fsp3) is 0.333. The van der Waals surface area contributed by atoms with Crippen LogP contribution in [0.5, 0.6) is 0 Å². The molecule has 2 heterocycles. The Bertz CT molecular complexity index is 439. The molecule has 0 bridgehead atoms. The number of thiazole rings is 1. The van der Waals surface area contributed by atoms with Crippen molar-refractivity contribution in [2.75, 3.05) is 6.54 Å². The molecule has 90 valence electrons. The third kappa shape index (κ3) is 3.52. The molecule has 0 spiro atoms. The lowest BCUT2D eigenvalue weighted by atomic mass is 10.1. The van der Waals surface area contributed by atoms with Crippen LogP contribution in [0.3, 0.4) is 0 Å². The van der Waals surface area contributed by atoms with Gasteiger partial charge in [-0.05, 0) is 36.9 Å². The summed E-state index contributed by atoms with van der Waals surface area (Å²) in [4.78, 5) is 8.67. The second-order valence-corrected chi connectivity index (χ2v) is 5.77. The van der Waals surface area contributed by atoms with Crippen molar-refractivity contribution in [3.63, 3.8) is 0 Å². The van der Waals surface area contributed by atoms with Crippen molar-refractivity contribution in [3.8, 4) is 0 Å². The maximum absolute atomic E-state index is 4.45. The van der Waals surface area contributed by atoms with Crippen LogP contribution in [0.25, 0.3) is 0 Å². The zero-order valence-electron chi connectivity index (χ0n) is 9.88. The van der Waals surface area contributed by atoms with Crippen LogP contribution in [0, 0.1) is 0 Å². The van der Waals surface area contributed by atoms with E-state index in [1.54, 1.807) is 23.1 Å². The molecule has 5 heteroatoms. The van der Waals surface area contributed by atoms with Gasteiger partial charge in [0.25, 0.3) is 0 Å². The van der Waals surface area contributed by atoms with Crippen LogP contribution in [-0.2, 0) is 0 Å². The molecular weight excluding hydrogens is 250 g/mol. The van der Waals surface area contributed by atoms with E-state index in [9.17, 15) is 0 Å². The first-order valence-electron chi connectivity index (χ1n) is 5.56. The molecular formula is C12H15N3S2. The normalized spacial score (nSPS) is 12.6. The van der Waals surface area contributed by atoms with E-state index in [2.05, 4.69) is 41.3 Å². The fourth-order valence-electron chi connectivity index (χ4n) is 1.48. The monoisotopic (exact) mass is 265 g/mol. The molecule has 0 saturated carbocycles. The Morgan fingerprint density at radius 1 is 1.41 bits per heavy atom. The second-order valence-electron chi connectivity index (χ2n) is 3.61. The third-order valence-corrected chi connectivity index (χ3v) is 4.21. The summed E-state index contributed by atoms with van der Waals surface area (Å²) in [6, 6.07) is 4.53. The molecule has 2 aromatic rings. The molecule has 0 fully saturated rings. The highest BCUT2D eigenvalue weighted by Crippen LogP contribution is 2.27. The minimum Gasteiger partial charge on any atom is -0.310 e. The van der Waals surface area contributed by atoms with Gasteiger partial charge in [0.15, 0.2) is 4.34 Å². The highest BCUT2D eigenvalue weighted by Gasteiger charge is 2.05. The number of nitrogens with zero attached hydrogens (tertiary/aromatic N) is 2. The number of hydrogen-bond acceptors (Lipinski definition) is 5. The SMILES string of the molecule is CCNC(C)c1ccc(Sc2nccs2)nc1. The number of aromatic nitrogens is 2. The van der Waals surface area contributed by atoms with Gasteiger partial charge in [-0.3, -0.25) is 0 Å². The molecule has 3 nitrogen and oxygen atoms in total. The number of rotatable bonds is 5. The molecule has 0 aliphatic heterocycles. The molecule has 0 aromatic carbocycles. The molecule has 2 aromatic heterocycles. The van der Waals surface area contributed by atoms with Gasteiger partial charge in [0.2, 0.25) is 0 Å². The first-order chi connectivity index (χ1) is 8.29. The Balaban J connectivity index is 2.02. The average Bonchev–Trinajstić information content (AvgIpc) is 2.83. The van der Waals surface area contributed by atoms with E-state index in [0.29, 0.717) is 6.04 Å². The van der Waals surface area contributed by atoms with Crippen molar-refractivity contribution in [3.05, 3.63) is 35.5 Å². The maximum Gasteiger partial charge on any atom is 0.156 e. The quantitative estimate of drug-likeness (QED) is 0.899. The van der Waals surface area contributed by atoms with Crippen LogP contribution < -0.4 is 5.32 Å². The highest BCUT2D eigenvalue weighted by atomic mass is 32.2. The van der Waals surface area contributed by atoms with Gasteiger partial charge < -0.3 is 5.32 Å². The summed E-state index contributed by atoms with van der Waals surface area (Å²) in [6.45, 7) is 5.22. The van der Waals surface area contributed by atoms with Crippen molar-refractivity contribution in [1.82, 2.24) is 15.3 Å². The molecule has 2 rings (SSSR count). The van der Waals surface area contributed by atoms with Gasteiger partial charge in [0.05, 0.1) is 0 Å². The van der Waals surface area contributed by atoms with Gasteiger partial charge in [-0.25, -0.2) is 9.97 Å². The van der Waals surface area contributed by atoms with Crippen molar-refractivity contribution in [2.24, 2.45) is 0 Å². The van der Waals surface area contributed by atoms with E-state index in [1.165, 1.54) is 5.56 Å². The lowest BCUT2D eigenvalue weighted by molar-refractivity contribution is 0.595. The summed E-state index contributed by atoms with van der Waals surface area (Å²) in [5.74, 6) is 0. The predicted molar refractivity (Wildman–Crippen MR) is 72.6 cm³/mol. The summed E-state index contributed by atoms with van der Waals surface area (Å²) < 4.78 is 1.03. The smallest absolute Gasteiger partial charge is 0.156 e. The van der Waals surface area contributed by atoms with Crippen LogP contribution in [0.15, 0.2) is 39.3 Å². The molecule has 0 saturated heterocycles. The van der Waals surface area contributed by atoms with E-state index < -0.39 is 0 Å². The second kappa shape index (κ2) is 6.14. The number of nitrogens with one attached hydrogen (secondary N) is 1. The van der Waals surface area contributed by atoms with Gasteiger partial charge >= 0.3 is 0 Å². The lowest BCUT2D eigenvalue weighted by Gasteiger charge is -2.12. The minimum atomic E-state index is 0.353. The summed E-state index contributed by atoms with van der Waals surface area (Å²) in [5.41, 5.74) is 1.22. The average molecular weight is 265 g/mol. The molecule has 0 radical (unpaired) electrons. The largest absolute Gasteiger partial charge is 0.310 e. The lowest BCUT2D eigenvalue weighted by Crippen LogP contribution is -2.17. The Hall–Kier alpha value is -0.910. The van der Waals surface area contributed by atoms with Crippen molar-refractivity contribution < 1.29 is 0 Å². The predicted octanol–water partition coefficient (Wildman–Crippen LogP) is 3.36. The number of hydrogen-bond donors (Lipinski definition) is 1. The minimum absolute atomic E-state index is 0.353. The molecule has 17 heavy (non-hydrogen) atoms. The zero-order valence-corrected chi connectivity index (χ0v) is 11.5. The summed E-state index contributed by atoms with van der Waals surface area (Å²) in [7, 11) is 0. The van der Waals surface area contributed by atoms with Gasteiger partial charge in [-0.15, -0.1) is 11.3 Å². The van der Waals surface area contributed by atoms with E-state index in [-0.39, 0.29) is 0 Å². The zero-order chi connectivity index (χ0) is 12.1. The summed E-state index contributed by atoms with van der Waals surface area (Å²) in [6.07, 6.45) is 3.75. The fourth-order valence-corrected chi connectivity index (χ4v) is 2.99. The number of pyridine rings is 1.